The van der Waals surface area contributed by atoms with E-state index in [9.17, 15) is 8.78 Å². The average molecular weight is 227 g/mol. The Morgan fingerprint density at radius 1 is 1.38 bits per heavy atom. The van der Waals surface area contributed by atoms with Crippen LogP contribution in [-0.4, -0.2) is 12.6 Å². The fourth-order valence-corrected chi connectivity index (χ4v) is 2.27. The molecule has 0 aliphatic carbocycles. The van der Waals surface area contributed by atoms with Gasteiger partial charge >= 0.3 is 0 Å². The van der Waals surface area contributed by atoms with Crippen LogP contribution in [0.15, 0.2) is 18.2 Å². The first-order valence-electron chi connectivity index (χ1n) is 5.37. The van der Waals surface area contributed by atoms with Gasteiger partial charge in [-0.15, -0.1) is 0 Å². The van der Waals surface area contributed by atoms with Gasteiger partial charge in [0.25, 0.3) is 0 Å². The quantitative estimate of drug-likeness (QED) is 0.799. The molecule has 0 amide bonds. The van der Waals surface area contributed by atoms with Gasteiger partial charge in [0.1, 0.15) is 11.6 Å². The molecular weight excluding hydrogens is 212 g/mol. The number of rotatable bonds is 1. The highest BCUT2D eigenvalue weighted by Crippen LogP contribution is 2.36. The maximum absolute atomic E-state index is 13.6. The van der Waals surface area contributed by atoms with Gasteiger partial charge in [-0.25, -0.2) is 8.78 Å². The van der Waals surface area contributed by atoms with Crippen molar-refractivity contribution in [2.24, 2.45) is 5.73 Å². The van der Waals surface area contributed by atoms with E-state index in [1.54, 1.807) is 6.92 Å². The highest BCUT2D eigenvalue weighted by Gasteiger charge is 2.37. The molecular formula is C12H15F2NO. The van der Waals surface area contributed by atoms with Crippen molar-refractivity contribution < 1.29 is 13.5 Å². The lowest BCUT2D eigenvalue weighted by atomic mass is 9.85. The molecule has 2 rings (SSSR count). The molecule has 2 atom stereocenters. The lowest BCUT2D eigenvalue weighted by Gasteiger charge is -2.37. The second kappa shape index (κ2) is 4.11. The molecule has 1 saturated heterocycles. The van der Waals surface area contributed by atoms with Gasteiger partial charge < -0.3 is 10.5 Å². The zero-order chi connectivity index (χ0) is 11.8. The zero-order valence-corrected chi connectivity index (χ0v) is 9.17. The maximum Gasteiger partial charge on any atom is 0.132 e. The first kappa shape index (κ1) is 11.5. The Morgan fingerprint density at radius 2 is 2.00 bits per heavy atom. The van der Waals surface area contributed by atoms with Gasteiger partial charge in [-0.2, -0.15) is 0 Å². The summed E-state index contributed by atoms with van der Waals surface area (Å²) in [6.07, 6.45) is 1.16. The lowest BCUT2D eigenvalue weighted by Crippen LogP contribution is -2.42. The van der Waals surface area contributed by atoms with Crippen LogP contribution >= 0.6 is 0 Å². The van der Waals surface area contributed by atoms with Crippen LogP contribution in [0.2, 0.25) is 0 Å². The van der Waals surface area contributed by atoms with Crippen LogP contribution in [-0.2, 0) is 10.3 Å². The SMILES string of the molecule is CC1(c2c(F)cccc2F)CC(N)CCO1. The van der Waals surface area contributed by atoms with E-state index >= 15 is 0 Å². The Balaban J connectivity index is 2.42. The minimum atomic E-state index is -0.951. The molecule has 2 nitrogen and oxygen atoms in total. The molecule has 0 aromatic heterocycles. The highest BCUT2D eigenvalue weighted by molar-refractivity contribution is 5.26. The van der Waals surface area contributed by atoms with Gasteiger partial charge in [-0.05, 0) is 31.9 Å². The van der Waals surface area contributed by atoms with Crippen molar-refractivity contribution in [1.29, 1.82) is 0 Å². The van der Waals surface area contributed by atoms with Crippen LogP contribution in [0.3, 0.4) is 0 Å². The minimum absolute atomic E-state index is 0.00912. The number of hydrogen-bond acceptors (Lipinski definition) is 2. The third kappa shape index (κ3) is 1.95. The number of halogens is 2. The summed E-state index contributed by atoms with van der Waals surface area (Å²) in [5.41, 5.74) is 4.86. The Bertz CT molecular complexity index is 376. The molecule has 1 aromatic rings. The summed E-state index contributed by atoms with van der Waals surface area (Å²) >= 11 is 0. The molecule has 1 heterocycles. The molecule has 1 aromatic carbocycles. The smallest absolute Gasteiger partial charge is 0.132 e. The van der Waals surface area contributed by atoms with Crippen molar-refractivity contribution in [3.05, 3.63) is 35.4 Å². The molecule has 2 N–H and O–H groups in total. The Hall–Kier alpha value is -1.00. The topological polar surface area (TPSA) is 35.2 Å². The maximum atomic E-state index is 13.6. The lowest BCUT2D eigenvalue weighted by molar-refractivity contribution is -0.0806. The average Bonchev–Trinajstić information content (AvgIpc) is 2.16. The molecule has 2 unspecified atom stereocenters. The number of benzene rings is 1. The molecule has 4 heteroatoms. The number of ether oxygens (including phenoxy) is 1. The summed E-state index contributed by atoms with van der Waals surface area (Å²) < 4.78 is 32.8. The molecule has 16 heavy (non-hydrogen) atoms. The van der Waals surface area contributed by atoms with E-state index in [0.29, 0.717) is 13.0 Å². The first-order chi connectivity index (χ1) is 7.53. The molecule has 0 bridgehead atoms. The molecule has 0 saturated carbocycles. The van der Waals surface area contributed by atoms with E-state index in [2.05, 4.69) is 0 Å². The third-order valence-corrected chi connectivity index (χ3v) is 3.05. The van der Waals surface area contributed by atoms with Gasteiger partial charge in [0.2, 0.25) is 0 Å². The van der Waals surface area contributed by atoms with Crippen molar-refractivity contribution in [3.63, 3.8) is 0 Å². The van der Waals surface area contributed by atoms with E-state index in [1.807, 2.05) is 0 Å². The van der Waals surface area contributed by atoms with E-state index in [1.165, 1.54) is 18.2 Å². The summed E-state index contributed by atoms with van der Waals surface area (Å²) in [4.78, 5) is 0. The molecule has 1 aliphatic rings. The molecule has 0 spiro atoms. The van der Waals surface area contributed by atoms with Crippen LogP contribution in [0.1, 0.15) is 25.3 Å². The zero-order valence-electron chi connectivity index (χ0n) is 9.17. The fourth-order valence-electron chi connectivity index (χ4n) is 2.27. The van der Waals surface area contributed by atoms with E-state index < -0.39 is 17.2 Å². The standard InChI is InChI=1S/C12H15F2NO/c1-12(7-8(15)5-6-16-12)11-9(13)3-2-4-10(11)14/h2-4,8H,5-7,15H2,1H3. The van der Waals surface area contributed by atoms with Crippen molar-refractivity contribution in [2.45, 2.75) is 31.4 Å². The van der Waals surface area contributed by atoms with Crippen LogP contribution in [0.25, 0.3) is 0 Å². The molecule has 0 radical (unpaired) electrons. The summed E-state index contributed by atoms with van der Waals surface area (Å²) in [5, 5.41) is 0. The predicted octanol–water partition coefficient (Wildman–Crippen LogP) is 2.32. The normalized spacial score (nSPS) is 30.4. The number of nitrogens with two attached hydrogens (primary N) is 1. The highest BCUT2D eigenvalue weighted by atomic mass is 19.1. The number of hydrogen-bond donors (Lipinski definition) is 1. The van der Waals surface area contributed by atoms with Crippen LogP contribution in [0.4, 0.5) is 8.78 Å². The first-order valence-corrected chi connectivity index (χ1v) is 5.37. The molecule has 88 valence electrons. The second-order valence-corrected chi connectivity index (χ2v) is 4.43. The summed E-state index contributed by atoms with van der Waals surface area (Å²) in [6, 6.07) is 3.76. The Kier molecular flexibility index (Phi) is 2.95. The van der Waals surface area contributed by atoms with E-state index in [-0.39, 0.29) is 11.6 Å². The summed E-state index contributed by atoms with van der Waals surface area (Å²) in [6.45, 7) is 2.12. The Labute approximate surface area is 93.4 Å². The van der Waals surface area contributed by atoms with Gasteiger partial charge in [-0.3, -0.25) is 0 Å². The van der Waals surface area contributed by atoms with Crippen LogP contribution in [0.5, 0.6) is 0 Å². The van der Waals surface area contributed by atoms with E-state index in [0.717, 1.165) is 6.42 Å². The largest absolute Gasteiger partial charge is 0.370 e. The van der Waals surface area contributed by atoms with Gasteiger partial charge in [0.15, 0.2) is 0 Å². The molecule has 1 fully saturated rings. The van der Waals surface area contributed by atoms with Crippen molar-refractivity contribution >= 4 is 0 Å². The van der Waals surface area contributed by atoms with Crippen molar-refractivity contribution in [3.8, 4) is 0 Å². The van der Waals surface area contributed by atoms with E-state index in [4.69, 9.17) is 10.5 Å². The third-order valence-electron chi connectivity index (χ3n) is 3.05. The fraction of sp³-hybridized carbons (Fsp3) is 0.500. The van der Waals surface area contributed by atoms with Gasteiger partial charge in [0, 0.05) is 12.6 Å². The second-order valence-electron chi connectivity index (χ2n) is 4.43. The summed E-state index contributed by atoms with van der Waals surface area (Å²) in [5.74, 6) is -1.15. The summed E-state index contributed by atoms with van der Waals surface area (Å²) in [7, 11) is 0. The minimum Gasteiger partial charge on any atom is -0.370 e. The van der Waals surface area contributed by atoms with Crippen molar-refractivity contribution in [1.82, 2.24) is 0 Å². The van der Waals surface area contributed by atoms with Crippen LogP contribution in [0, 0.1) is 11.6 Å². The Morgan fingerprint density at radius 3 is 2.56 bits per heavy atom. The van der Waals surface area contributed by atoms with Crippen LogP contribution < -0.4 is 5.73 Å². The van der Waals surface area contributed by atoms with Crippen molar-refractivity contribution in [2.75, 3.05) is 6.61 Å². The molecule has 1 aliphatic heterocycles. The predicted molar refractivity (Wildman–Crippen MR) is 56.9 cm³/mol. The van der Waals surface area contributed by atoms with Gasteiger partial charge in [0.05, 0.1) is 11.2 Å². The monoisotopic (exact) mass is 227 g/mol. The van der Waals surface area contributed by atoms with Gasteiger partial charge in [-0.1, -0.05) is 6.07 Å².